The molecule has 1 aliphatic carbocycles. The largest absolute Gasteiger partial charge is 0.359 e. The van der Waals surface area contributed by atoms with Crippen molar-refractivity contribution in [3.8, 4) is 0 Å². The molecule has 1 saturated carbocycles. The summed E-state index contributed by atoms with van der Waals surface area (Å²) in [5.74, 6) is 0.265. The summed E-state index contributed by atoms with van der Waals surface area (Å²) in [6.07, 6.45) is 6.43. The Kier molecular flexibility index (Phi) is 1.17. The highest BCUT2D eigenvalue weighted by Gasteiger charge is 2.42. The molecule has 2 heteroatoms. The van der Waals surface area contributed by atoms with Gasteiger partial charge in [-0.25, -0.2) is 0 Å². The molecule has 0 aromatic rings. The van der Waals surface area contributed by atoms with Crippen LogP contribution in [0.4, 0.5) is 0 Å². The molecule has 1 spiro atoms. The number of carbonyl (C=O) groups is 1. The van der Waals surface area contributed by atoms with Gasteiger partial charge in [0, 0.05) is 6.42 Å². The minimum absolute atomic E-state index is 0.265. The Hall–Kier alpha value is -0.630. The van der Waals surface area contributed by atoms with Crippen molar-refractivity contribution in [3.63, 3.8) is 0 Å². The van der Waals surface area contributed by atoms with Crippen LogP contribution in [0.3, 0.4) is 0 Å². The Balaban J connectivity index is 2.28. The summed E-state index contributed by atoms with van der Waals surface area (Å²) in [6, 6.07) is 0. The Morgan fingerprint density at radius 3 is 3.00 bits per heavy atom. The van der Waals surface area contributed by atoms with Crippen LogP contribution in [-0.2, 0) is 9.53 Å². The van der Waals surface area contributed by atoms with E-state index in [2.05, 4.69) is 0 Å². The highest BCUT2D eigenvalue weighted by molar-refractivity contribution is 5.91. The zero-order valence-electron chi connectivity index (χ0n) is 5.80. The standard InChI is InChI=1S/C8H10O2/c9-7-3-1-4-8(7)5-2-6-10-8/h2,5H,1,3-4,6H2/t8-/m0/s1. The van der Waals surface area contributed by atoms with Gasteiger partial charge in [-0.3, -0.25) is 4.79 Å². The SMILES string of the molecule is O=C1CCC[C@]12C=CCO2. The predicted octanol–water partition coefficient (Wildman–Crippen LogP) is 1.06. The average molecular weight is 138 g/mol. The normalized spacial score (nSPS) is 38.2. The van der Waals surface area contributed by atoms with Crippen LogP contribution in [0.1, 0.15) is 19.3 Å². The van der Waals surface area contributed by atoms with E-state index < -0.39 is 5.60 Å². The smallest absolute Gasteiger partial charge is 0.168 e. The van der Waals surface area contributed by atoms with Crippen molar-refractivity contribution in [2.45, 2.75) is 24.9 Å². The van der Waals surface area contributed by atoms with Gasteiger partial charge in [0.15, 0.2) is 5.78 Å². The van der Waals surface area contributed by atoms with Crippen LogP contribution in [-0.4, -0.2) is 18.0 Å². The first-order chi connectivity index (χ1) is 4.83. The van der Waals surface area contributed by atoms with Gasteiger partial charge in [0.2, 0.25) is 0 Å². The molecule has 0 amide bonds. The maximum absolute atomic E-state index is 11.2. The molecule has 0 N–H and O–H groups in total. The van der Waals surface area contributed by atoms with E-state index in [1.54, 1.807) is 0 Å². The van der Waals surface area contributed by atoms with Crippen LogP contribution in [0.5, 0.6) is 0 Å². The van der Waals surface area contributed by atoms with Crippen LogP contribution >= 0.6 is 0 Å². The van der Waals surface area contributed by atoms with Gasteiger partial charge in [-0.05, 0) is 18.9 Å². The van der Waals surface area contributed by atoms with E-state index >= 15 is 0 Å². The first kappa shape index (κ1) is 6.10. The quantitative estimate of drug-likeness (QED) is 0.468. The summed E-state index contributed by atoms with van der Waals surface area (Å²) in [5, 5.41) is 0. The number of hydrogen-bond acceptors (Lipinski definition) is 2. The minimum atomic E-state index is -0.472. The molecule has 1 heterocycles. The zero-order chi connectivity index (χ0) is 7.03. The summed E-state index contributed by atoms with van der Waals surface area (Å²) in [5.41, 5.74) is -0.472. The van der Waals surface area contributed by atoms with E-state index in [9.17, 15) is 4.79 Å². The predicted molar refractivity (Wildman–Crippen MR) is 36.7 cm³/mol. The summed E-state index contributed by atoms with van der Waals surface area (Å²) in [6.45, 7) is 0.617. The van der Waals surface area contributed by atoms with Crippen molar-refractivity contribution in [3.05, 3.63) is 12.2 Å². The molecule has 2 rings (SSSR count). The Morgan fingerprint density at radius 1 is 1.60 bits per heavy atom. The molecular weight excluding hydrogens is 128 g/mol. The second-order valence-corrected chi connectivity index (χ2v) is 2.88. The van der Waals surface area contributed by atoms with Crippen molar-refractivity contribution in [1.29, 1.82) is 0 Å². The average Bonchev–Trinajstić information content (AvgIpc) is 2.48. The topological polar surface area (TPSA) is 26.3 Å². The molecule has 0 aromatic heterocycles. The van der Waals surface area contributed by atoms with Gasteiger partial charge in [-0.1, -0.05) is 6.08 Å². The van der Waals surface area contributed by atoms with E-state index in [0.29, 0.717) is 13.0 Å². The van der Waals surface area contributed by atoms with Crippen molar-refractivity contribution in [2.75, 3.05) is 6.61 Å². The lowest BCUT2D eigenvalue weighted by atomic mass is 10.0. The number of carbonyl (C=O) groups excluding carboxylic acids is 1. The lowest BCUT2D eigenvalue weighted by molar-refractivity contribution is -0.131. The number of ketones is 1. The van der Waals surface area contributed by atoms with Crippen molar-refractivity contribution < 1.29 is 9.53 Å². The fraction of sp³-hybridized carbons (Fsp3) is 0.625. The molecule has 0 unspecified atom stereocenters. The molecule has 1 atom stereocenters. The van der Waals surface area contributed by atoms with Gasteiger partial charge in [0.05, 0.1) is 6.61 Å². The van der Waals surface area contributed by atoms with Crippen LogP contribution in [0, 0.1) is 0 Å². The lowest BCUT2D eigenvalue weighted by Crippen LogP contribution is -2.31. The van der Waals surface area contributed by atoms with Gasteiger partial charge in [0.25, 0.3) is 0 Å². The highest BCUT2D eigenvalue weighted by Crippen LogP contribution is 2.33. The number of Topliss-reactive ketones (excluding diaryl/α,β-unsaturated/α-hetero) is 1. The van der Waals surface area contributed by atoms with Crippen molar-refractivity contribution in [1.82, 2.24) is 0 Å². The molecule has 1 aliphatic heterocycles. The van der Waals surface area contributed by atoms with E-state index in [1.807, 2.05) is 12.2 Å². The maximum Gasteiger partial charge on any atom is 0.168 e. The highest BCUT2D eigenvalue weighted by atomic mass is 16.5. The number of ether oxygens (including phenoxy) is 1. The van der Waals surface area contributed by atoms with E-state index in [-0.39, 0.29) is 5.78 Å². The molecule has 0 saturated heterocycles. The molecule has 0 radical (unpaired) electrons. The molecule has 54 valence electrons. The molecule has 0 bridgehead atoms. The lowest BCUT2D eigenvalue weighted by Gasteiger charge is -2.17. The van der Waals surface area contributed by atoms with Gasteiger partial charge in [-0.15, -0.1) is 0 Å². The van der Waals surface area contributed by atoms with Crippen LogP contribution in [0.25, 0.3) is 0 Å². The van der Waals surface area contributed by atoms with Crippen LogP contribution in [0.15, 0.2) is 12.2 Å². The van der Waals surface area contributed by atoms with E-state index in [1.165, 1.54) is 0 Å². The van der Waals surface area contributed by atoms with Crippen molar-refractivity contribution >= 4 is 5.78 Å². The molecule has 2 nitrogen and oxygen atoms in total. The minimum Gasteiger partial charge on any atom is -0.359 e. The molecule has 2 aliphatic rings. The Labute approximate surface area is 59.9 Å². The van der Waals surface area contributed by atoms with Gasteiger partial charge in [-0.2, -0.15) is 0 Å². The second-order valence-electron chi connectivity index (χ2n) is 2.88. The van der Waals surface area contributed by atoms with Gasteiger partial charge in [0.1, 0.15) is 5.60 Å². The molecule has 1 fully saturated rings. The summed E-state index contributed by atoms with van der Waals surface area (Å²) in [4.78, 5) is 11.2. The third kappa shape index (κ3) is 0.655. The number of rotatable bonds is 0. The molecular formula is C8H10O2. The second kappa shape index (κ2) is 1.92. The molecule has 0 aromatic carbocycles. The van der Waals surface area contributed by atoms with E-state index in [0.717, 1.165) is 12.8 Å². The molecule has 10 heavy (non-hydrogen) atoms. The fourth-order valence-corrected chi connectivity index (χ4v) is 1.67. The third-order valence-corrected chi connectivity index (χ3v) is 2.25. The van der Waals surface area contributed by atoms with Crippen LogP contribution in [0.2, 0.25) is 0 Å². The Morgan fingerprint density at radius 2 is 2.50 bits per heavy atom. The maximum atomic E-state index is 11.2. The van der Waals surface area contributed by atoms with Crippen LogP contribution < -0.4 is 0 Å². The summed E-state index contributed by atoms with van der Waals surface area (Å²) in [7, 11) is 0. The monoisotopic (exact) mass is 138 g/mol. The summed E-state index contributed by atoms with van der Waals surface area (Å²) < 4.78 is 5.35. The zero-order valence-corrected chi connectivity index (χ0v) is 5.80. The fourth-order valence-electron chi connectivity index (χ4n) is 1.67. The Bertz CT molecular complexity index is 195. The van der Waals surface area contributed by atoms with Gasteiger partial charge >= 0.3 is 0 Å². The summed E-state index contributed by atoms with van der Waals surface area (Å²) >= 11 is 0. The van der Waals surface area contributed by atoms with E-state index in [4.69, 9.17) is 4.74 Å². The first-order valence-electron chi connectivity index (χ1n) is 3.68. The first-order valence-corrected chi connectivity index (χ1v) is 3.68. The van der Waals surface area contributed by atoms with Gasteiger partial charge < -0.3 is 4.74 Å². The third-order valence-electron chi connectivity index (χ3n) is 2.25. The number of hydrogen-bond donors (Lipinski definition) is 0. The van der Waals surface area contributed by atoms with Crippen molar-refractivity contribution in [2.24, 2.45) is 0 Å².